The standard InChI is InChI=1S/C17H18FN3OS/c1-22-16-6-3-11(7-14(16)18)9-21-10-20-17(19)13-8-12(23-2)4-5-15(13)21/h3-8H,9-10H2,1-2H3,(H2,19,20). The van der Waals surface area contributed by atoms with Gasteiger partial charge in [0.25, 0.3) is 0 Å². The summed E-state index contributed by atoms with van der Waals surface area (Å²) >= 11 is 1.66. The van der Waals surface area contributed by atoms with Gasteiger partial charge in [0.2, 0.25) is 0 Å². The number of nitrogens with two attached hydrogens (primary N) is 1. The second-order valence-electron chi connectivity index (χ2n) is 5.23. The molecule has 0 fully saturated rings. The van der Waals surface area contributed by atoms with Crippen molar-refractivity contribution in [2.75, 3.05) is 24.9 Å². The highest BCUT2D eigenvalue weighted by molar-refractivity contribution is 7.98. The van der Waals surface area contributed by atoms with Crippen LogP contribution < -0.4 is 15.4 Å². The predicted molar refractivity (Wildman–Crippen MR) is 92.9 cm³/mol. The number of fused-ring (bicyclic) bond motifs is 1. The maximum atomic E-state index is 13.9. The van der Waals surface area contributed by atoms with Crippen LogP contribution >= 0.6 is 11.8 Å². The number of nitrogens with zero attached hydrogens (tertiary/aromatic N) is 2. The summed E-state index contributed by atoms with van der Waals surface area (Å²) in [5, 5.41) is 0. The van der Waals surface area contributed by atoms with Crippen molar-refractivity contribution in [1.82, 2.24) is 0 Å². The fraction of sp³-hybridized carbons (Fsp3) is 0.235. The topological polar surface area (TPSA) is 50.8 Å². The highest BCUT2D eigenvalue weighted by Gasteiger charge is 2.19. The fourth-order valence-electron chi connectivity index (χ4n) is 2.61. The van der Waals surface area contributed by atoms with E-state index in [0.717, 1.165) is 21.7 Å². The monoisotopic (exact) mass is 331 g/mol. The quantitative estimate of drug-likeness (QED) is 0.874. The van der Waals surface area contributed by atoms with E-state index >= 15 is 0 Å². The minimum atomic E-state index is -0.358. The Morgan fingerprint density at radius 3 is 2.83 bits per heavy atom. The molecule has 2 aromatic carbocycles. The van der Waals surface area contributed by atoms with Crippen molar-refractivity contribution in [2.45, 2.75) is 11.4 Å². The van der Waals surface area contributed by atoms with Crippen molar-refractivity contribution >= 4 is 23.3 Å². The Kier molecular flexibility index (Phi) is 4.43. The van der Waals surface area contributed by atoms with Crippen LogP contribution in [0.4, 0.5) is 10.1 Å². The third kappa shape index (κ3) is 3.12. The highest BCUT2D eigenvalue weighted by Crippen LogP contribution is 2.30. The Bertz CT molecular complexity index is 763. The molecule has 0 unspecified atom stereocenters. The first-order valence-electron chi connectivity index (χ1n) is 7.18. The molecule has 1 aliphatic heterocycles. The SMILES string of the molecule is COc1ccc(CN2CN=C(N)c3cc(SC)ccc32)cc1F. The zero-order valence-electron chi connectivity index (χ0n) is 13.0. The molecule has 1 heterocycles. The average Bonchev–Trinajstić information content (AvgIpc) is 2.57. The number of amidine groups is 1. The van der Waals surface area contributed by atoms with Crippen LogP contribution in [-0.4, -0.2) is 25.9 Å². The molecule has 0 atom stereocenters. The van der Waals surface area contributed by atoms with E-state index in [9.17, 15) is 4.39 Å². The molecule has 0 saturated carbocycles. The smallest absolute Gasteiger partial charge is 0.165 e. The first-order chi connectivity index (χ1) is 11.1. The van der Waals surface area contributed by atoms with Gasteiger partial charge < -0.3 is 15.4 Å². The minimum Gasteiger partial charge on any atom is -0.494 e. The van der Waals surface area contributed by atoms with Crippen molar-refractivity contribution < 1.29 is 9.13 Å². The van der Waals surface area contributed by atoms with Crippen molar-refractivity contribution in [3.63, 3.8) is 0 Å². The summed E-state index contributed by atoms with van der Waals surface area (Å²) in [4.78, 5) is 7.59. The minimum absolute atomic E-state index is 0.250. The third-order valence-electron chi connectivity index (χ3n) is 3.82. The van der Waals surface area contributed by atoms with Crippen LogP contribution in [0, 0.1) is 5.82 Å². The predicted octanol–water partition coefficient (Wildman–Crippen LogP) is 3.24. The summed E-state index contributed by atoms with van der Waals surface area (Å²) in [6.07, 6.45) is 2.02. The van der Waals surface area contributed by atoms with E-state index in [0.29, 0.717) is 19.0 Å². The molecule has 23 heavy (non-hydrogen) atoms. The zero-order chi connectivity index (χ0) is 16.4. The van der Waals surface area contributed by atoms with E-state index in [-0.39, 0.29) is 11.6 Å². The molecule has 120 valence electrons. The van der Waals surface area contributed by atoms with Crippen molar-refractivity contribution in [3.8, 4) is 5.75 Å². The van der Waals surface area contributed by atoms with Gasteiger partial charge in [0, 0.05) is 22.7 Å². The lowest BCUT2D eigenvalue weighted by atomic mass is 10.1. The molecule has 2 aromatic rings. The zero-order valence-corrected chi connectivity index (χ0v) is 13.9. The molecule has 0 spiro atoms. The van der Waals surface area contributed by atoms with Gasteiger partial charge in [-0.25, -0.2) is 9.38 Å². The molecule has 0 bridgehead atoms. The van der Waals surface area contributed by atoms with E-state index in [1.807, 2.05) is 24.5 Å². The van der Waals surface area contributed by atoms with E-state index in [4.69, 9.17) is 10.5 Å². The highest BCUT2D eigenvalue weighted by atomic mass is 32.2. The number of anilines is 1. The van der Waals surface area contributed by atoms with E-state index in [2.05, 4.69) is 16.0 Å². The Morgan fingerprint density at radius 2 is 2.13 bits per heavy atom. The first kappa shape index (κ1) is 15.7. The maximum Gasteiger partial charge on any atom is 0.165 e. The van der Waals surface area contributed by atoms with Gasteiger partial charge in [-0.2, -0.15) is 0 Å². The number of benzene rings is 2. The first-order valence-corrected chi connectivity index (χ1v) is 8.40. The largest absolute Gasteiger partial charge is 0.494 e. The fourth-order valence-corrected chi connectivity index (χ4v) is 3.05. The van der Waals surface area contributed by atoms with E-state index < -0.39 is 0 Å². The van der Waals surface area contributed by atoms with Crippen LogP contribution in [-0.2, 0) is 6.54 Å². The van der Waals surface area contributed by atoms with E-state index in [1.54, 1.807) is 17.8 Å². The van der Waals surface area contributed by atoms with Gasteiger partial charge in [0.1, 0.15) is 12.5 Å². The third-order valence-corrected chi connectivity index (χ3v) is 4.55. The number of aliphatic imine (C=N–C) groups is 1. The normalized spacial score (nSPS) is 13.5. The number of halogens is 1. The van der Waals surface area contributed by atoms with Crippen LogP contribution in [0.25, 0.3) is 0 Å². The molecule has 0 amide bonds. The van der Waals surface area contributed by atoms with Crippen molar-refractivity contribution in [2.24, 2.45) is 10.7 Å². The number of rotatable bonds is 4. The molecule has 0 aromatic heterocycles. The average molecular weight is 331 g/mol. The number of methoxy groups -OCH3 is 1. The number of hydrogen-bond donors (Lipinski definition) is 1. The van der Waals surface area contributed by atoms with E-state index in [1.165, 1.54) is 13.2 Å². The molecule has 6 heteroatoms. The molecular weight excluding hydrogens is 313 g/mol. The van der Waals surface area contributed by atoms with Gasteiger partial charge in [-0.15, -0.1) is 11.8 Å². The van der Waals surface area contributed by atoms with Gasteiger partial charge in [0.05, 0.1) is 7.11 Å². The molecule has 2 N–H and O–H groups in total. The van der Waals surface area contributed by atoms with Gasteiger partial charge in [-0.3, -0.25) is 0 Å². The Balaban J connectivity index is 1.89. The summed E-state index contributed by atoms with van der Waals surface area (Å²) in [5.41, 5.74) is 8.83. The Labute approximate surface area is 139 Å². The number of thioether (sulfide) groups is 1. The van der Waals surface area contributed by atoms with Gasteiger partial charge in [-0.1, -0.05) is 6.07 Å². The van der Waals surface area contributed by atoms with Crippen LogP contribution in [0.15, 0.2) is 46.3 Å². The van der Waals surface area contributed by atoms with Gasteiger partial charge in [-0.05, 0) is 42.2 Å². The number of hydrogen-bond acceptors (Lipinski definition) is 5. The molecule has 3 rings (SSSR count). The molecule has 4 nitrogen and oxygen atoms in total. The van der Waals surface area contributed by atoms with Gasteiger partial charge >= 0.3 is 0 Å². The van der Waals surface area contributed by atoms with Crippen LogP contribution in [0.2, 0.25) is 0 Å². The lowest BCUT2D eigenvalue weighted by molar-refractivity contribution is 0.386. The molecular formula is C17H18FN3OS. The lowest BCUT2D eigenvalue weighted by Crippen LogP contribution is -2.32. The summed E-state index contributed by atoms with van der Waals surface area (Å²) in [7, 11) is 1.46. The Morgan fingerprint density at radius 1 is 1.30 bits per heavy atom. The second-order valence-corrected chi connectivity index (χ2v) is 6.11. The number of ether oxygens (including phenoxy) is 1. The maximum absolute atomic E-state index is 13.9. The lowest BCUT2D eigenvalue weighted by Gasteiger charge is -2.29. The second kappa shape index (κ2) is 6.50. The summed E-state index contributed by atoms with van der Waals surface area (Å²) in [6.45, 7) is 1.02. The van der Waals surface area contributed by atoms with Crippen molar-refractivity contribution in [1.29, 1.82) is 0 Å². The van der Waals surface area contributed by atoms with Gasteiger partial charge in [0.15, 0.2) is 11.6 Å². The molecule has 0 aliphatic carbocycles. The molecule has 0 saturated heterocycles. The summed E-state index contributed by atoms with van der Waals surface area (Å²) in [5.74, 6) is 0.440. The van der Waals surface area contributed by atoms with Crippen molar-refractivity contribution in [3.05, 3.63) is 53.3 Å². The van der Waals surface area contributed by atoms with Crippen LogP contribution in [0.1, 0.15) is 11.1 Å². The Hall–Kier alpha value is -2.21. The molecule has 0 radical (unpaired) electrons. The summed E-state index contributed by atoms with van der Waals surface area (Å²) < 4.78 is 18.8. The van der Waals surface area contributed by atoms with Crippen LogP contribution in [0.3, 0.4) is 0 Å². The summed E-state index contributed by atoms with van der Waals surface area (Å²) in [6, 6.07) is 11.1. The van der Waals surface area contributed by atoms with Crippen LogP contribution in [0.5, 0.6) is 5.75 Å². The molecule has 1 aliphatic rings.